The van der Waals surface area contributed by atoms with Crippen LogP contribution >= 0.6 is 11.6 Å². The first-order valence-electron chi connectivity index (χ1n) is 5.98. The number of aromatic amines is 1. The lowest BCUT2D eigenvalue weighted by Gasteiger charge is -2.21. The van der Waals surface area contributed by atoms with Gasteiger partial charge in [-0.3, -0.25) is 9.89 Å². The van der Waals surface area contributed by atoms with Crippen molar-refractivity contribution in [1.29, 1.82) is 0 Å². The van der Waals surface area contributed by atoms with E-state index >= 15 is 0 Å². The predicted octanol–water partition coefficient (Wildman–Crippen LogP) is 3.28. The summed E-state index contributed by atoms with van der Waals surface area (Å²) in [5, 5.41) is 7.84. The molecule has 1 aromatic carbocycles. The van der Waals surface area contributed by atoms with Gasteiger partial charge in [-0.25, -0.2) is 0 Å². The second-order valence-corrected chi connectivity index (χ2v) is 5.13. The van der Waals surface area contributed by atoms with Crippen LogP contribution in [0.4, 0.5) is 0 Å². The minimum atomic E-state index is 0.140. The minimum absolute atomic E-state index is 0.140. The summed E-state index contributed by atoms with van der Waals surface area (Å²) in [6, 6.07) is 7.72. The van der Waals surface area contributed by atoms with Crippen molar-refractivity contribution in [3.63, 3.8) is 0 Å². The quantitative estimate of drug-likeness (QED) is 0.855. The van der Waals surface area contributed by atoms with E-state index in [9.17, 15) is 4.79 Å². The molecule has 1 heterocycles. The Morgan fingerprint density at radius 1 is 1.33 bits per heavy atom. The Hall–Kier alpha value is -1.61. The molecule has 0 amide bonds. The van der Waals surface area contributed by atoms with E-state index < -0.39 is 0 Å². The summed E-state index contributed by atoms with van der Waals surface area (Å²) in [6.07, 6.45) is 1.28. The van der Waals surface area contributed by atoms with E-state index in [2.05, 4.69) is 10.2 Å². The zero-order valence-electron chi connectivity index (χ0n) is 10.0. The fraction of sp³-hybridized carbons (Fsp3) is 0.286. The molecule has 0 bridgehead atoms. The first-order chi connectivity index (χ1) is 8.66. The third kappa shape index (κ3) is 1.75. The number of hydrogen-bond acceptors (Lipinski definition) is 2. The van der Waals surface area contributed by atoms with E-state index in [-0.39, 0.29) is 11.7 Å². The highest BCUT2D eigenvalue weighted by Gasteiger charge is 2.30. The molecule has 1 aromatic heterocycles. The highest BCUT2D eigenvalue weighted by Crippen LogP contribution is 2.35. The number of benzene rings is 1. The number of fused-ring (bicyclic) bond motifs is 1. The summed E-state index contributed by atoms with van der Waals surface area (Å²) in [5.41, 5.74) is 3.55. The van der Waals surface area contributed by atoms with E-state index in [1.807, 2.05) is 31.2 Å². The summed E-state index contributed by atoms with van der Waals surface area (Å²) >= 11 is 6.20. The first-order valence-corrected chi connectivity index (χ1v) is 6.36. The van der Waals surface area contributed by atoms with Gasteiger partial charge in [-0.15, -0.1) is 0 Å². The average Bonchev–Trinajstić information content (AvgIpc) is 2.72. The lowest BCUT2D eigenvalue weighted by Crippen LogP contribution is -2.18. The molecule has 0 aliphatic heterocycles. The maximum Gasteiger partial charge on any atom is 0.167 e. The fourth-order valence-corrected chi connectivity index (χ4v) is 2.94. The van der Waals surface area contributed by atoms with E-state index in [4.69, 9.17) is 11.6 Å². The molecule has 92 valence electrons. The number of nitrogens with zero attached hydrogens (tertiary/aromatic N) is 1. The van der Waals surface area contributed by atoms with Gasteiger partial charge in [0, 0.05) is 17.1 Å². The average molecular weight is 261 g/mol. The van der Waals surface area contributed by atoms with Gasteiger partial charge in [0.25, 0.3) is 0 Å². The van der Waals surface area contributed by atoms with Crippen molar-refractivity contribution in [3.8, 4) is 0 Å². The fourth-order valence-electron chi connectivity index (χ4n) is 2.65. The molecule has 0 radical (unpaired) electrons. The van der Waals surface area contributed by atoms with Gasteiger partial charge in [0.15, 0.2) is 5.78 Å². The van der Waals surface area contributed by atoms with E-state index in [0.717, 1.165) is 34.0 Å². The van der Waals surface area contributed by atoms with Gasteiger partial charge in [-0.2, -0.15) is 5.10 Å². The van der Waals surface area contributed by atoms with Crippen molar-refractivity contribution in [2.24, 2.45) is 0 Å². The van der Waals surface area contributed by atoms with Crippen LogP contribution in [0.1, 0.15) is 39.6 Å². The Balaban J connectivity index is 2.00. The van der Waals surface area contributed by atoms with Gasteiger partial charge in [0.2, 0.25) is 0 Å². The number of halogens is 1. The van der Waals surface area contributed by atoms with Crippen molar-refractivity contribution in [2.75, 3.05) is 0 Å². The lowest BCUT2D eigenvalue weighted by atomic mass is 9.82. The molecular formula is C14H13ClN2O. The third-order valence-electron chi connectivity index (χ3n) is 3.52. The number of carbonyl (C=O) groups is 1. The SMILES string of the molecule is Cc1[nH]nc2c1C(=O)C[C@@H](c1ccccc1Cl)C2. The number of H-pyrrole nitrogens is 1. The molecule has 1 N–H and O–H groups in total. The number of ketones is 1. The summed E-state index contributed by atoms with van der Waals surface area (Å²) < 4.78 is 0. The number of aryl methyl sites for hydroxylation is 1. The second kappa shape index (κ2) is 4.25. The molecule has 2 aromatic rings. The molecule has 1 atom stereocenters. The maximum atomic E-state index is 12.2. The zero-order valence-corrected chi connectivity index (χ0v) is 10.8. The normalized spacial score (nSPS) is 18.8. The van der Waals surface area contributed by atoms with E-state index in [1.165, 1.54) is 0 Å². The van der Waals surface area contributed by atoms with Crippen molar-refractivity contribution in [3.05, 3.63) is 51.8 Å². The summed E-state index contributed by atoms with van der Waals surface area (Å²) in [5.74, 6) is 0.300. The Bertz CT molecular complexity index is 618. The number of rotatable bonds is 1. The number of aromatic nitrogens is 2. The molecule has 4 heteroatoms. The van der Waals surface area contributed by atoms with Crippen LogP contribution in [0.2, 0.25) is 5.02 Å². The van der Waals surface area contributed by atoms with Gasteiger partial charge in [-0.05, 0) is 30.9 Å². The smallest absolute Gasteiger partial charge is 0.167 e. The van der Waals surface area contributed by atoms with Gasteiger partial charge in [0.1, 0.15) is 0 Å². The van der Waals surface area contributed by atoms with Crippen molar-refractivity contribution >= 4 is 17.4 Å². The second-order valence-electron chi connectivity index (χ2n) is 4.72. The van der Waals surface area contributed by atoms with Crippen LogP contribution in [0.5, 0.6) is 0 Å². The van der Waals surface area contributed by atoms with Gasteiger partial charge < -0.3 is 0 Å². The topological polar surface area (TPSA) is 45.8 Å². The van der Waals surface area contributed by atoms with Gasteiger partial charge >= 0.3 is 0 Å². The molecular weight excluding hydrogens is 248 g/mol. The Kier molecular flexibility index (Phi) is 2.71. The van der Waals surface area contributed by atoms with Crippen molar-refractivity contribution in [1.82, 2.24) is 10.2 Å². The summed E-state index contributed by atoms with van der Waals surface area (Å²) in [7, 11) is 0. The molecule has 1 aliphatic rings. The van der Waals surface area contributed by atoms with Crippen LogP contribution in [-0.2, 0) is 6.42 Å². The lowest BCUT2D eigenvalue weighted by molar-refractivity contribution is 0.0963. The molecule has 0 spiro atoms. The largest absolute Gasteiger partial charge is 0.294 e. The monoisotopic (exact) mass is 260 g/mol. The van der Waals surface area contributed by atoms with Gasteiger partial charge in [-0.1, -0.05) is 29.8 Å². The molecule has 3 nitrogen and oxygen atoms in total. The number of nitrogens with one attached hydrogen (secondary N) is 1. The highest BCUT2D eigenvalue weighted by molar-refractivity contribution is 6.31. The third-order valence-corrected chi connectivity index (χ3v) is 3.86. The Labute approximate surface area is 110 Å². The molecule has 3 rings (SSSR count). The van der Waals surface area contributed by atoms with Crippen LogP contribution in [-0.4, -0.2) is 16.0 Å². The Morgan fingerprint density at radius 2 is 2.11 bits per heavy atom. The molecule has 0 saturated carbocycles. The predicted molar refractivity (Wildman–Crippen MR) is 70.2 cm³/mol. The van der Waals surface area contributed by atoms with E-state index in [1.54, 1.807) is 0 Å². The minimum Gasteiger partial charge on any atom is -0.294 e. The summed E-state index contributed by atoms with van der Waals surface area (Å²) in [4.78, 5) is 12.2. The zero-order chi connectivity index (χ0) is 12.7. The van der Waals surface area contributed by atoms with Crippen LogP contribution in [0.3, 0.4) is 0 Å². The molecule has 1 aliphatic carbocycles. The maximum absolute atomic E-state index is 12.2. The molecule has 0 unspecified atom stereocenters. The van der Waals surface area contributed by atoms with Crippen LogP contribution < -0.4 is 0 Å². The first kappa shape index (κ1) is 11.5. The van der Waals surface area contributed by atoms with Crippen LogP contribution in [0.25, 0.3) is 0 Å². The van der Waals surface area contributed by atoms with E-state index in [0.29, 0.717) is 6.42 Å². The van der Waals surface area contributed by atoms with Gasteiger partial charge in [0.05, 0.1) is 11.3 Å². The molecule has 18 heavy (non-hydrogen) atoms. The number of carbonyl (C=O) groups excluding carboxylic acids is 1. The molecule has 0 fully saturated rings. The highest BCUT2D eigenvalue weighted by atomic mass is 35.5. The van der Waals surface area contributed by atoms with Crippen LogP contribution in [0.15, 0.2) is 24.3 Å². The van der Waals surface area contributed by atoms with Crippen LogP contribution in [0, 0.1) is 6.92 Å². The number of hydrogen-bond donors (Lipinski definition) is 1. The molecule has 0 saturated heterocycles. The Morgan fingerprint density at radius 3 is 2.89 bits per heavy atom. The number of Topliss-reactive ketones (excluding diaryl/α,β-unsaturated/α-hetero) is 1. The van der Waals surface area contributed by atoms with Crippen molar-refractivity contribution in [2.45, 2.75) is 25.7 Å². The summed E-state index contributed by atoms with van der Waals surface area (Å²) in [6.45, 7) is 1.89. The standard InChI is InChI=1S/C14H13ClN2O/c1-8-14-12(17-16-8)6-9(7-13(14)18)10-4-2-3-5-11(10)15/h2-5,9H,6-7H2,1H3,(H,16,17)/t9-/m0/s1. The van der Waals surface area contributed by atoms with Crippen molar-refractivity contribution < 1.29 is 4.79 Å².